The van der Waals surface area contributed by atoms with Gasteiger partial charge in [0.05, 0.1) is 7.11 Å². The fraction of sp³-hybridized carbons (Fsp3) is 0.278. The predicted octanol–water partition coefficient (Wildman–Crippen LogP) is 2.87. The zero-order chi connectivity index (χ0) is 17.4. The molecular weight excluding hydrogens is 306 g/mol. The molecule has 24 heavy (non-hydrogen) atoms. The monoisotopic (exact) mass is 327 g/mol. The van der Waals surface area contributed by atoms with Gasteiger partial charge < -0.3 is 15.4 Å². The fourth-order valence-corrected chi connectivity index (χ4v) is 2.07. The standard InChI is InChI=1S/C18H21N3O3/c1-3-4-9-20-18(23)16-11-13(8-10-19-16)17(22)21-14-6-5-7-15(12-14)24-2/h5-8,10-12H,3-4,9H2,1-2H3,(H,20,23)(H,21,22). The number of nitrogens with one attached hydrogen (secondary N) is 2. The molecule has 0 aliphatic carbocycles. The lowest BCUT2D eigenvalue weighted by Crippen LogP contribution is -2.25. The van der Waals surface area contributed by atoms with E-state index in [1.807, 2.05) is 6.92 Å². The van der Waals surface area contributed by atoms with Crippen LogP contribution < -0.4 is 15.4 Å². The molecule has 0 aliphatic heterocycles. The Labute approximate surface area is 141 Å². The summed E-state index contributed by atoms with van der Waals surface area (Å²) in [5.41, 5.74) is 1.21. The maximum atomic E-state index is 12.3. The fourth-order valence-electron chi connectivity index (χ4n) is 2.07. The molecule has 126 valence electrons. The maximum absolute atomic E-state index is 12.3. The first kappa shape index (κ1) is 17.5. The first-order valence-corrected chi connectivity index (χ1v) is 7.83. The lowest BCUT2D eigenvalue weighted by molar-refractivity contribution is 0.0948. The second kappa shape index (κ2) is 8.67. The Kier molecular flexibility index (Phi) is 6.31. The van der Waals surface area contributed by atoms with Crippen LogP contribution in [-0.2, 0) is 0 Å². The molecule has 1 aromatic heterocycles. The summed E-state index contributed by atoms with van der Waals surface area (Å²) >= 11 is 0. The molecule has 1 heterocycles. The Balaban J connectivity index is 2.06. The zero-order valence-corrected chi connectivity index (χ0v) is 13.8. The van der Waals surface area contributed by atoms with E-state index in [-0.39, 0.29) is 17.5 Å². The summed E-state index contributed by atoms with van der Waals surface area (Å²) in [5, 5.41) is 5.55. The highest BCUT2D eigenvalue weighted by Gasteiger charge is 2.12. The molecule has 2 rings (SSSR count). The number of aromatic nitrogens is 1. The summed E-state index contributed by atoms with van der Waals surface area (Å²) in [7, 11) is 1.56. The number of amides is 2. The van der Waals surface area contributed by atoms with Crippen LogP contribution in [0.5, 0.6) is 5.75 Å². The first-order valence-electron chi connectivity index (χ1n) is 7.83. The molecule has 2 amide bonds. The zero-order valence-electron chi connectivity index (χ0n) is 13.8. The molecule has 0 saturated heterocycles. The van der Waals surface area contributed by atoms with Crippen molar-refractivity contribution in [3.63, 3.8) is 0 Å². The van der Waals surface area contributed by atoms with Gasteiger partial charge >= 0.3 is 0 Å². The Hall–Kier alpha value is -2.89. The number of carbonyl (C=O) groups is 2. The molecule has 2 N–H and O–H groups in total. The summed E-state index contributed by atoms with van der Waals surface area (Å²) < 4.78 is 5.13. The molecule has 0 saturated carbocycles. The Morgan fingerprint density at radius 1 is 1.17 bits per heavy atom. The van der Waals surface area contributed by atoms with E-state index in [2.05, 4.69) is 15.6 Å². The molecule has 6 nitrogen and oxygen atoms in total. The van der Waals surface area contributed by atoms with Crippen LogP contribution in [0.25, 0.3) is 0 Å². The van der Waals surface area contributed by atoms with Crippen molar-refractivity contribution in [2.75, 3.05) is 19.0 Å². The third-order valence-corrected chi connectivity index (χ3v) is 3.40. The summed E-state index contributed by atoms with van der Waals surface area (Å²) in [6, 6.07) is 10.1. The van der Waals surface area contributed by atoms with Gasteiger partial charge in [-0.15, -0.1) is 0 Å². The highest BCUT2D eigenvalue weighted by atomic mass is 16.5. The van der Waals surface area contributed by atoms with Crippen LogP contribution in [0.3, 0.4) is 0 Å². The maximum Gasteiger partial charge on any atom is 0.269 e. The number of hydrogen-bond acceptors (Lipinski definition) is 4. The third-order valence-electron chi connectivity index (χ3n) is 3.40. The van der Waals surface area contributed by atoms with Gasteiger partial charge in [-0.25, -0.2) is 0 Å². The molecule has 0 unspecified atom stereocenters. The predicted molar refractivity (Wildman–Crippen MR) is 92.4 cm³/mol. The lowest BCUT2D eigenvalue weighted by atomic mass is 10.2. The largest absolute Gasteiger partial charge is 0.497 e. The molecule has 0 fully saturated rings. The molecule has 0 radical (unpaired) electrons. The summed E-state index contributed by atoms with van der Waals surface area (Å²) in [6.45, 7) is 2.64. The molecule has 0 bridgehead atoms. The van der Waals surface area contributed by atoms with Crippen LogP contribution in [-0.4, -0.2) is 30.5 Å². The van der Waals surface area contributed by atoms with Gasteiger partial charge in [-0.05, 0) is 30.7 Å². The van der Waals surface area contributed by atoms with E-state index in [1.165, 1.54) is 12.3 Å². The Morgan fingerprint density at radius 2 is 2.00 bits per heavy atom. The minimum atomic E-state index is -0.312. The van der Waals surface area contributed by atoms with Crippen LogP contribution in [0, 0.1) is 0 Å². The van der Waals surface area contributed by atoms with Crippen LogP contribution in [0.15, 0.2) is 42.6 Å². The van der Waals surface area contributed by atoms with E-state index in [0.29, 0.717) is 23.5 Å². The van der Waals surface area contributed by atoms with Crippen molar-refractivity contribution in [1.29, 1.82) is 0 Å². The van der Waals surface area contributed by atoms with Gasteiger partial charge in [-0.2, -0.15) is 0 Å². The van der Waals surface area contributed by atoms with Gasteiger partial charge in [0.25, 0.3) is 11.8 Å². The van der Waals surface area contributed by atoms with E-state index < -0.39 is 0 Å². The SMILES string of the molecule is CCCCNC(=O)c1cc(C(=O)Nc2cccc(OC)c2)ccn1. The Bertz CT molecular complexity index is 716. The second-order valence-corrected chi connectivity index (χ2v) is 5.23. The minimum absolute atomic E-state index is 0.226. The van der Waals surface area contributed by atoms with Gasteiger partial charge in [0.1, 0.15) is 11.4 Å². The minimum Gasteiger partial charge on any atom is -0.497 e. The molecular formula is C18H21N3O3. The topological polar surface area (TPSA) is 80.3 Å². The third kappa shape index (κ3) is 4.81. The van der Waals surface area contributed by atoms with Crippen molar-refractivity contribution < 1.29 is 14.3 Å². The van der Waals surface area contributed by atoms with Crippen molar-refractivity contribution in [1.82, 2.24) is 10.3 Å². The number of carbonyl (C=O) groups excluding carboxylic acids is 2. The van der Waals surface area contributed by atoms with Gasteiger partial charge in [0.2, 0.25) is 0 Å². The second-order valence-electron chi connectivity index (χ2n) is 5.23. The van der Waals surface area contributed by atoms with E-state index >= 15 is 0 Å². The molecule has 2 aromatic rings. The van der Waals surface area contributed by atoms with E-state index in [1.54, 1.807) is 37.4 Å². The summed E-state index contributed by atoms with van der Waals surface area (Å²) in [6.07, 6.45) is 3.35. The normalized spacial score (nSPS) is 10.1. The van der Waals surface area contributed by atoms with Gasteiger partial charge in [-0.1, -0.05) is 19.4 Å². The average Bonchev–Trinajstić information content (AvgIpc) is 2.62. The quantitative estimate of drug-likeness (QED) is 0.766. The van der Waals surface area contributed by atoms with Gasteiger partial charge in [0, 0.05) is 30.1 Å². The highest BCUT2D eigenvalue weighted by Crippen LogP contribution is 2.17. The number of ether oxygens (including phenoxy) is 1. The number of nitrogens with zero attached hydrogens (tertiary/aromatic N) is 1. The van der Waals surface area contributed by atoms with Crippen molar-refractivity contribution >= 4 is 17.5 Å². The summed E-state index contributed by atoms with van der Waals surface area (Å²) in [5.74, 6) is 0.0614. The number of benzene rings is 1. The van der Waals surface area contributed by atoms with E-state index in [0.717, 1.165) is 12.8 Å². The van der Waals surface area contributed by atoms with Crippen LogP contribution >= 0.6 is 0 Å². The molecule has 1 aromatic carbocycles. The van der Waals surface area contributed by atoms with Crippen LogP contribution in [0.4, 0.5) is 5.69 Å². The lowest BCUT2D eigenvalue weighted by Gasteiger charge is -2.08. The molecule has 0 aliphatic rings. The van der Waals surface area contributed by atoms with Gasteiger partial charge in [-0.3, -0.25) is 14.6 Å². The van der Waals surface area contributed by atoms with Crippen molar-refractivity contribution in [2.45, 2.75) is 19.8 Å². The number of hydrogen-bond donors (Lipinski definition) is 2. The average molecular weight is 327 g/mol. The number of unbranched alkanes of at least 4 members (excludes halogenated alkanes) is 1. The first-order chi connectivity index (χ1) is 11.6. The van der Waals surface area contributed by atoms with Crippen LogP contribution in [0.1, 0.15) is 40.6 Å². The van der Waals surface area contributed by atoms with Crippen molar-refractivity contribution in [3.05, 3.63) is 53.9 Å². The van der Waals surface area contributed by atoms with E-state index in [4.69, 9.17) is 4.74 Å². The highest BCUT2D eigenvalue weighted by molar-refractivity contribution is 6.05. The smallest absolute Gasteiger partial charge is 0.269 e. The number of methoxy groups -OCH3 is 1. The van der Waals surface area contributed by atoms with Crippen LogP contribution in [0.2, 0.25) is 0 Å². The van der Waals surface area contributed by atoms with E-state index in [9.17, 15) is 9.59 Å². The molecule has 0 atom stereocenters. The Morgan fingerprint density at radius 3 is 2.75 bits per heavy atom. The van der Waals surface area contributed by atoms with Gasteiger partial charge in [0.15, 0.2) is 0 Å². The molecule has 0 spiro atoms. The number of rotatable bonds is 7. The number of anilines is 1. The summed E-state index contributed by atoms with van der Waals surface area (Å²) in [4.78, 5) is 28.4. The number of pyridine rings is 1. The van der Waals surface area contributed by atoms with Crippen molar-refractivity contribution in [3.8, 4) is 5.75 Å². The molecule has 6 heteroatoms. The van der Waals surface area contributed by atoms with Crippen molar-refractivity contribution in [2.24, 2.45) is 0 Å².